The number of ketones is 1. The molecule has 4 heteroatoms. The number of carbonyl (C=O) groups excluding carboxylic acids is 2. The molecule has 1 aliphatic rings. The molecule has 0 saturated carbocycles. The van der Waals surface area contributed by atoms with Crippen LogP contribution in [0.3, 0.4) is 0 Å². The number of hydrogen-bond donors (Lipinski definition) is 1. The van der Waals surface area contributed by atoms with Crippen LogP contribution >= 0.6 is 0 Å². The summed E-state index contributed by atoms with van der Waals surface area (Å²) < 4.78 is 4.52. The zero-order chi connectivity index (χ0) is 7.56. The van der Waals surface area contributed by atoms with Crippen molar-refractivity contribution in [1.29, 1.82) is 0 Å². The number of alkyl carbamates (subject to hydrolysis) is 1. The van der Waals surface area contributed by atoms with Crippen molar-refractivity contribution in [2.75, 3.05) is 6.61 Å². The lowest BCUT2D eigenvalue weighted by Crippen LogP contribution is -2.33. The van der Waals surface area contributed by atoms with E-state index in [0.717, 1.165) is 0 Å². The highest BCUT2D eigenvalue weighted by molar-refractivity contribution is 5.89. The molecule has 10 heavy (non-hydrogen) atoms. The van der Waals surface area contributed by atoms with Crippen molar-refractivity contribution in [1.82, 2.24) is 5.32 Å². The zero-order valence-electron chi connectivity index (χ0n) is 5.72. The largest absolute Gasteiger partial charge is 0.447 e. The van der Waals surface area contributed by atoms with Gasteiger partial charge < -0.3 is 10.1 Å². The Morgan fingerprint density at radius 1 is 1.90 bits per heavy atom. The van der Waals surface area contributed by atoms with Crippen molar-refractivity contribution < 1.29 is 14.3 Å². The summed E-state index contributed by atoms with van der Waals surface area (Å²) in [6.07, 6.45) is -0.0549. The Hall–Kier alpha value is -1.06. The van der Waals surface area contributed by atoms with Crippen LogP contribution in [-0.4, -0.2) is 24.5 Å². The summed E-state index contributed by atoms with van der Waals surface area (Å²) >= 11 is 0. The predicted molar refractivity (Wildman–Crippen MR) is 33.6 cm³/mol. The van der Waals surface area contributed by atoms with E-state index in [1.165, 1.54) is 0 Å². The normalized spacial score (nSPS) is 23.7. The van der Waals surface area contributed by atoms with E-state index >= 15 is 0 Å². The van der Waals surface area contributed by atoms with Crippen LogP contribution in [0.1, 0.15) is 13.3 Å². The minimum absolute atomic E-state index is 0.0193. The van der Waals surface area contributed by atoms with Crippen LogP contribution in [0.15, 0.2) is 0 Å². The van der Waals surface area contributed by atoms with E-state index < -0.39 is 12.1 Å². The van der Waals surface area contributed by atoms with Gasteiger partial charge >= 0.3 is 6.09 Å². The highest BCUT2D eigenvalue weighted by Crippen LogP contribution is 2.00. The summed E-state index contributed by atoms with van der Waals surface area (Å²) in [5, 5.41) is 2.39. The Balaban J connectivity index is 2.44. The number of hydrogen-bond acceptors (Lipinski definition) is 3. The Labute approximate surface area is 58.5 Å². The smallest absolute Gasteiger partial charge is 0.407 e. The Morgan fingerprint density at radius 3 is 3.00 bits per heavy atom. The van der Waals surface area contributed by atoms with E-state index in [2.05, 4.69) is 10.1 Å². The second kappa shape index (κ2) is 2.68. The van der Waals surface area contributed by atoms with Gasteiger partial charge in [0, 0.05) is 6.42 Å². The van der Waals surface area contributed by atoms with Crippen molar-refractivity contribution in [2.24, 2.45) is 0 Å². The fourth-order valence-corrected chi connectivity index (χ4v) is 0.804. The molecule has 4 nitrogen and oxygen atoms in total. The van der Waals surface area contributed by atoms with Crippen LogP contribution in [-0.2, 0) is 9.53 Å². The third-order valence-electron chi connectivity index (χ3n) is 1.41. The predicted octanol–water partition coefficient (Wildman–Crippen LogP) is 0.0739. The molecule has 1 N–H and O–H groups in total. The molecule has 1 fully saturated rings. The van der Waals surface area contributed by atoms with Gasteiger partial charge in [-0.25, -0.2) is 4.79 Å². The molecule has 1 rings (SSSR count). The maximum Gasteiger partial charge on any atom is 0.407 e. The summed E-state index contributed by atoms with van der Waals surface area (Å²) in [6, 6.07) is -0.405. The molecular formula is C6H9NO3. The third-order valence-corrected chi connectivity index (χ3v) is 1.41. The zero-order valence-corrected chi connectivity index (χ0v) is 5.72. The van der Waals surface area contributed by atoms with Gasteiger partial charge in [0.15, 0.2) is 5.78 Å². The summed E-state index contributed by atoms with van der Waals surface area (Å²) in [4.78, 5) is 21.3. The lowest BCUT2D eigenvalue weighted by molar-refractivity contribution is -0.120. The number of rotatable bonds is 2. The van der Waals surface area contributed by atoms with Gasteiger partial charge in [0.2, 0.25) is 0 Å². The second-order valence-electron chi connectivity index (χ2n) is 2.12. The highest BCUT2D eigenvalue weighted by atomic mass is 16.6. The number of Topliss-reactive ketones (excluding diaryl/α,β-unsaturated/α-hetero) is 1. The molecular weight excluding hydrogens is 134 g/mol. The minimum Gasteiger partial charge on any atom is -0.447 e. The van der Waals surface area contributed by atoms with Gasteiger partial charge in [-0.05, 0) is 0 Å². The molecule has 0 unspecified atom stereocenters. The Morgan fingerprint density at radius 2 is 2.60 bits per heavy atom. The number of amides is 1. The summed E-state index contributed by atoms with van der Waals surface area (Å²) in [6.45, 7) is 1.94. The lowest BCUT2D eigenvalue weighted by atomic mass is 10.2. The van der Waals surface area contributed by atoms with E-state index in [0.29, 0.717) is 6.42 Å². The number of ether oxygens (including phenoxy) is 1. The molecule has 0 bridgehead atoms. The first-order chi connectivity index (χ1) is 4.74. The van der Waals surface area contributed by atoms with E-state index in [1.807, 2.05) is 0 Å². The molecule has 1 amide bonds. The Kier molecular flexibility index (Phi) is 1.89. The van der Waals surface area contributed by atoms with Crippen LogP contribution in [0.4, 0.5) is 4.79 Å². The van der Waals surface area contributed by atoms with Crippen molar-refractivity contribution in [3.8, 4) is 0 Å². The van der Waals surface area contributed by atoms with Gasteiger partial charge in [0.1, 0.15) is 12.6 Å². The standard InChI is InChI=1S/C6H9NO3/c1-2-5(8)4-3-10-6(9)7-4/h4H,2-3H2,1H3,(H,7,9)/t4-/m1/s1. The van der Waals surface area contributed by atoms with Crippen LogP contribution in [0.25, 0.3) is 0 Å². The average molecular weight is 143 g/mol. The molecule has 1 atom stereocenters. The first-order valence-electron chi connectivity index (χ1n) is 3.20. The maximum absolute atomic E-state index is 10.9. The molecule has 0 radical (unpaired) electrons. The van der Waals surface area contributed by atoms with Crippen molar-refractivity contribution >= 4 is 11.9 Å². The van der Waals surface area contributed by atoms with Gasteiger partial charge in [0.25, 0.3) is 0 Å². The monoisotopic (exact) mass is 143 g/mol. The third kappa shape index (κ3) is 1.26. The van der Waals surface area contributed by atoms with E-state index in [9.17, 15) is 9.59 Å². The fraction of sp³-hybridized carbons (Fsp3) is 0.667. The highest BCUT2D eigenvalue weighted by Gasteiger charge is 2.26. The van der Waals surface area contributed by atoms with Gasteiger partial charge in [-0.1, -0.05) is 6.92 Å². The topological polar surface area (TPSA) is 55.4 Å². The molecule has 0 aromatic rings. The number of cyclic esters (lactones) is 1. The molecule has 0 aromatic carbocycles. The maximum atomic E-state index is 10.9. The first kappa shape index (κ1) is 7.05. The minimum atomic E-state index is -0.494. The number of carbonyl (C=O) groups is 2. The molecule has 0 aliphatic carbocycles. The second-order valence-corrected chi connectivity index (χ2v) is 2.12. The molecule has 0 aromatic heterocycles. The first-order valence-corrected chi connectivity index (χ1v) is 3.20. The lowest BCUT2D eigenvalue weighted by Gasteiger charge is -2.01. The van der Waals surface area contributed by atoms with Gasteiger partial charge in [0.05, 0.1) is 0 Å². The van der Waals surface area contributed by atoms with Crippen LogP contribution < -0.4 is 5.32 Å². The van der Waals surface area contributed by atoms with Gasteiger partial charge in [-0.15, -0.1) is 0 Å². The van der Waals surface area contributed by atoms with Crippen LogP contribution in [0, 0.1) is 0 Å². The van der Waals surface area contributed by atoms with Crippen LogP contribution in [0.5, 0.6) is 0 Å². The van der Waals surface area contributed by atoms with E-state index in [-0.39, 0.29) is 12.4 Å². The molecule has 1 aliphatic heterocycles. The molecule has 1 saturated heterocycles. The SMILES string of the molecule is CCC(=O)[C@H]1COC(=O)N1. The van der Waals surface area contributed by atoms with Crippen molar-refractivity contribution in [2.45, 2.75) is 19.4 Å². The summed E-state index contributed by atoms with van der Waals surface area (Å²) in [5.74, 6) is 0.0193. The Bertz CT molecular complexity index is 166. The van der Waals surface area contributed by atoms with Gasteiger partial charge in [-0.2, -0.15) is 0 Å². The van der Waals surface area contributed by atoms with E-state index in [4.69, 9.17) is 0 Å². The fourth-order valence-electron chi connectivity index (χ4n) is 0.804. The van der Waals surface area contributed by atoms with Crippen molar-refractivity contribution in [3.05, 3.63) is 0 Å². The van der Waals surface area contributed by atoms with Crippen LogP contribution in [0.2, 0.25) is 0 Å². The van der Waals surface area contributed by atoms with Gasteiger partial charge in [-0.3, -0.25) is 4.79 Å². The summed E-state index contributed by atoms with van der Waals surface area (Å²) in [5.41, 5.74) is 0. The van der Waals surface area contributed by atoms with Crippen molar-refractivity contribution in [3.63, 3.8) is 0 Å². The molecule has 1 heterocycles. The number of nitrogens with one attached hydrogen (secondary N) is 1. The average Bonchev–Trinajstić information content (AvgIpc) is 2.34. The molecule has 0 spiro atoms. The summed E-state index contributed by atoms with van der Waals surface area (Å²) in [7, 11) is 0. The molecule has 56 valence electrons. The quantitative estimate of drug-likeness (QED) is 0.595. The van der Waals surface area contributed by atoms with E-state index in [1.54, 1.807) is 6.92 Å².